The van der Waals surface area contributed by atoms with Gasteiger partial charge in [-0.25, -0.2) is 0 Å². The molecule has 0 aromatic heterocycles. The molecule has 160 valence electrons. The number of nitrogens with zero attached hydrogens (tertiary/aromatic N) is 1. The molecule has 3 unspecified atom stereocenters. The molecule has 3 nitrogen and oxygen atoms in total. The van der Waals surface area contributed by atoms with Crippen molar-refractivity contribution in [3.05, 3.63) is 58.7 Å². The highest BCUT2D eigenvalue weighted by atomic mass is 16.1. The van der Waals surface area contributed by atoms with Crippen LogP contribution in [-0.2, 0) is 11.8 Å². The average molecular weight is 405 g/mol. The maximum atomic E-state index is 12.9. The van der Waals surface area contributed by atoms with Crippen LogP contribution in [0.4, 0.5) is 0 Å². The summed E-state index contributed by atoms with van der Waals surface area (Å²) in [7, 11) is 0. The topological polar surface area (TPSA) is 32.3 Å². The first-order chi connectivity index (χ1) is 14.5. The fourth-order valence-corrected chi connectivity index (χ4v) is 5.98. The predicted molar refractivity (Wildman–Crippen MR) is 123 cm³/mol. The Morgan fingerprint density at radius 1 is 1.27 bits per heavy atom. The maximum Gasteiger partial charge on any atom is 0.251 e. The van der Waals surface area contributed by atoms with Crippen molar-refractivity contribution in [1.82, 2.24) is 10.2 Å². The van der Waals surface area contributed by atoms with Crippen LogP contribution in [0.25, 0.3) is 0 Å². The van der Waals surface area contributed by atoms with Gasteiger partial charge >= 0.3 is 0 Å². The van der Waals surface area contributed by atoms with E-state index in [9.17, 15) is 4.79 Å². The molecule has 5 rings (SSSR count). The van der Waals surface area contributed by atoms with Gasteiger partial charge in [-0.15, -0.1) is 0 Å². The summed E-state index contributed by atoms with van der Waals surface area (Å²) in [6, 6.07) is 7.17. The smallest absolute Gasteiger partial charge is 0.251 e. The Hall–Kier alpha value is -1.87. The second kappa shape index (κ2) is 8.00. The number of allylic oxidation sites excluding steroid dienone is 3. The van der Waals surface area contributed by atoms with Crippen molar-refractivity contribution in [3.63, 3.8) is 0 Å². The third kappa shape index (κ3) is 3.77. The molecule has 0 spiro atoms. The van der Waals surface area contributed by atoms with Gasteiger partial charge in [0.05, 0.1) is 0 Å². The zero-order valence-electron chi connectivity index (χ0n) is 18.6. The molecule has 3 heteroatoms. The molecule has 1 saturated carbocycles. The monoisotopic (exact) mass is 404 g/mol. The summed E-state index contributed by atoms with van der Waals surface area (Å²) >= 11 is 0. The van der Waals surface area contributed by atoms with Gasteiger partial charge in [-0.2, -0.15) is 0 Å². The van der Waals surface area contributed by atoms with E-state index in [1.54, 1.807) is 0 Å². The first kappa shape index (κ1) is 20.1. The van der Waals surface area contributed by atoms with Crippen LogP contribution in [0.2, 0.25) is 0 Å². The normalized spacial score (nSPS) is 30.5. The lowest BCUT2D eigenvalue weighted by Crippen LogP contribution is -2.58. The maximum absolute atomic E-state index is 12.9. The summed E-state index contributed by atoms with van der Waals surface area (Å²) in [6.45, 7) is 8.11. The van der Waals surface area contributed by atoms with Crippen molar-refractivity contribution in [1.29, 1.82) is 0 Å². The van der Waals surface area contributed by atoms with E-state index < -0.39 is 0 Å². The van der Waals surface area contributed by atoms with Crippen molar-refractivity contribution in [2.24, 2.45) is 11.8 Å². The van der Waals surface area contributed by atoms with Crippen LogP contribution in [0.15, 0.2) is 42.0 Å². The predicted octanol–water partition coefficient (Wildman–Crippen LogP) is 5.02. The molecule has 1 heterocycles. The fraction of sp³-hybridized carbons (Fsp3) is 0.593. The number of nitrogens with one attached hydrogen (secondary N) is 1. The van der Waals surface area contributed by atoms with Gasteiger partial charge in [0.15, 0.2) is 0 Å². The lowest BCUT2D eigenvalue weighted by molar-refractivity contribution is 0.0284. The van der Waals surface area contributed by atoms with Crippen LogP contribution < -0.4 is 5.32 Å². The molecule has 1 aliphatic heterocycles. The quantitative estimate of drug-likeness (QED) is 0.722. The van der Waals surface area contributed by atoms with Crippen LogP contribution in [-0.4, -0.2) is 36.5 Å². The number of amides is 1. The second-order valence-corrected chi connectivity index (χ2v) is 10.3. The Labute approximate surface area is 181 Å². The van der Waals surface area contributed by atoms with Crippen molar-refractivity contribution in [3.8, 4) is 0 Å². The van der Waals surface area contributed by atoms with E-state index in [4.69, 9.17) is 0 Å². The highest BCUT2D eigenvalue weighted by Gasteiger charge is 2.49. The average Bonchev–Trinajstić information content (AvgIpc) is 3.57. The number of benzene rings is 1. The number of carbonyl (C=O) groups excluding carboxylic acids is 1. The number of piperidine rings is 1. The molecule has 1 saturated heterocycles. The molecule has 0 radical (unpaired) electrons. The Bertz CT molecular complexity index is 881. The van der Waals surface area contributed by atoms with Crippen LogP contribution in [0.3, 0.4) is 0 Å². The van der Waals surface area contributed by atoms with Gasteiger partial charge in [0.2, 0.25) is 0 Å². The van der Waals surface area contributed by atoms with Gasteiger partial charge in [0, 0.05) is 24.7 Å². The summed E-state index contributed by atoms with van der Waals surface area (Å²) in [6.07, 6.45) is 15.1. The number of fused-ring (bicyclic) bond motifs is 4. The van der Waals surface area contributed by atoms with Gasteiger partial charge in [0.1, 0.15) is 0 Å². The summed E-state index contributed by atoms with van der Waals surface area (Å²) in [5, 5.41) is 3.15. The minimum absolute atomic E-state index is 0.0720. The minimum atomic E-state index is 0.0720. The molecule has 1 N–H and O–H groups in total. The molecule has 1 amide bonds. The number of carbonyl (C=O) groups is 1. The van der Waals surface area contributed by atoms with E-state index in [0.717, 1.165) is 37.2 Å². The Morgan fingerprint density at radius 3 is 2.90 bits per heavy atom. The molecule has 2 fully saturated rings. The third-order valence-electron chi connectivity index (χ3n) is 8.35. The lowest BCUT2D eigenvalue weighted by Gasteiger charge is -2.55. The van der Waals surface area contributed by atoms with E-state index in [1.807, 2.05) is 6.07 Å². The van der Waals surface area contributed by atoms with Gasteiger partial charge in [-0.05, 0) is 92.0 Å². The molecule has 4 aliphatic rings. The van der Waals surface area contributed by atoms with E-state index in [0.29, 0.717) is 18.5 Å². The fourth-order valence-electron chi connectivity index (χ4n) is 5.98. The first-order valence-corrected chi connectivity index (χ1v) is 12.1. The summed E-state index contributed by atoms with van der Waals surface area (Å²) in [5.41, 5.74) is 5.26. The van der Waals surface area contributed by atoms with Crippen LogP contribution >= 0.6 is 0 Å². The number of hydrogen-bond donors (Lipinski definition) is 1. The second-order valence-electron chi connectivity index (χ2n) is 10.3. The Kier molecular flexibility index (Phi) is 5.35. The van der Waals surface area contributed by atoms with Crippen LogP contribution in [0, 0.1) is 11.8 Å². The molecular weight excluding hydrogens is 368 g/mol. The number of hydrogen-bond acceptors (Lipinski definition) is 2. The van der Waals surface area contributed by atoms with Crippen LogP contribution in [0.5, 0.6) is 0 Å². The molecule has 1 aromatic carbocycles. The number of rotatable bonds is 6. The van der Waals surface area contributed by atoms with E-state index in [-0.39, 0.29) is 11.3 Å². The van der Waals surface area contributed by atoms with Gasteiger partial charge < -0.3 is 5.32 Å². The largest absolute Gasteiger partial charge is 0.352 e. The van der Waals surface area contributed by atoms with Gasteiger partial charge in [0.25, 0.3) is 5.91 Å². The first-order valence-electron chi connectivity index (χ1n) is 12.1. The molecule has 3 atom stereocenters. The van der Waals surface area contributed by atoms with Crippen molar-refractivity contribution >= 4 is 5.91 Å². The molecular formula is C27H36N2O. The highest BCUT2D eigenvalue weighted by molar-refractivity contribution is 5.94. The molecule has 3 aliphatic carbocycles. The third-order valence-corrected chi connectivity index (χ3v) is 8.35. The zero-order valence-corrected chi connectivity index (χ0v) is 18.6. The zero-order chi connectivity index (χ0) is 20.7. The molecule has 30 heavy (non-hydrogen) atoms. The standard InChI is InChI=1S/C27H36N2O/c1-19-25-17-22-10-11-23(26(30)28-14-12-20-6-4-3-5-7-20)16-24(22)27(19,2)13-15-29(25)18-21-8-9-21/h4,6-7,10-11,16,19,21,25H,3,5,8-9,12-15,17-18H2,1-2H3,(H,28,30). The van der Waals surface area contributed by atoms with Crippen molar-refractivity contribution < 1.29 is 4.79 Å². The lowest BCUT2D eigenvalue weighted by atomic mass is 9.59. The summed E-state index contributed by atoms with van der Waals surface area (Å²) < 4.78 is 0. The van der Waals surface area contributed by atoms with Gasteiger partial charge in [-0.1, -0.05) is 43.7 Å². The molecule has 1 aromatic rings. The summed E-state index contributed by atoms with van der Waals surface area (Å²) in [4.78, 5) is 15.6. The van der Waals surface area contributed by atoms with Crippen molar-refractivity contribution in [2.45, 2.75) is 70.3 Å². The van der Waals surface area contributed by atoms with E-state index in [1.165, 1.54) is 49.1 Å². The van der Waals surface area contributed by atoms with Gasteiger partial charge in [-0.3, -0.25) is 9.69 Å². The van der Waals surface area contributed by atoms with Crippen molar-refractivity contribution in [2.75, 3.05) is 19.6 Å². The van der Waals surface area contributed by atoms with Crippen LogP contribution in [0.1, 0.15) is 73.9 Å². The molecule has 2 bridgehead atoms. The van der Waals surface area contributed by atoms with E-state index in [2.05, 4.69) is 54.4 Å². The highest BCUT2D eigenvalue weighted by Crippen LogP contribution is 2.49. The van der Waals surface area contributed by atoms with E-state index >= 15 is 0 Å². The Balaban J connectivity index is 1.29. The Morgan fingerprint density at radius 2 is 2.13 bits per heavy atom. The number of likely N-dealkylation sites (tertiary alicyclic amines) is 1. The summed E-state index contributed by atoms with van der Waals surface area (Å²) in [5.74, 6) is 1.66. The minimum Gasteiger partial charge on any atom is -0.352 e. The SMILES string of the molecule is CC1C2Cc3ccc(C(=O)NCCC4=CCCC=C4)cc3C1(C)CCN2CC1CC1.